The number of hydrogen-bond acceptors (Lipinski definition) is 6. The average molecular weight is 537 g/mol. The van der Waals surface area contributed by atoms with E-state index in [9.17, 15) is 22.4 Å². The van der Waals surface area contributed by atoms with Gasteiger partial charge in [0.15, 0.2) is 11.5 Å². The highest BCUT2D eigenvalue weighted by atomic mass is 35.5. The number of carbonyl (C=O) groups is 1. The first-order valence-corrected chi connectivity index (χ1v) is 10.2. The van der Waals surface area contributed by atoms with Crippen LogP contribution < -0.4 is 5.73 Å². The Labute approximate surface area is 204 Å². The molecule has 0 unspecified atom stereocenters. The Bertz CT molecular complexity index is 1300. The number of carbonyl (C=O) groups excluding carboxylic acids is 1. The van der Waals surface area contributed by atoms with Gasteiger partial charge in [-0.1, -0.05) is 52.1 Å². The number of ether oxygens (including phenoxy) is 1. The van der Waals surface area contributed by atoms with Gasteiger partial charge in [0.2, 0.25) is 0 Å². The fraction of sp³-hybridized carbons (Fsp3) is 0.0952. The van der Waals surface area contributed by atoms with Crippen LogP contribution >= 0.6 is 34.8 Å². The maximum absolute atomic E-state index is 14.5. The van der Waals surface area contributed by atoms with Crippen LogP contribution in [0, 0.1) is 5.82 Å². The second kappa shape index (κ2) is 10.0. The minimum absolute atomic E-state index is 0.0471. The van der Waals surface area contributed by atoms with E-state index in [1.54, 1.807) is 0 Å². The molecule has 0 bridgehead atoms. The topological polar surface area (TPSA) is 90.7 Å². The van der Waals surface area contributed by atoms with Crippen LogP contribution in [0.4, 0.5) is 23.2 Å². The van der Waals surface area contributed by atoms with Crippen molar-refractivity contribution in [2.24, 2.45) is 10.7 Å². The molecule has 178 valence electrons. The van der Waals surface area contributed by atoms with Crippen molar-refractivity contribution in [2.45, 2.75) is 6.18 Å². The van der Waals surface area contributed by atoms with Gasteiger partial charge in [0, 0.05) is 6.20 Å². The molecule has 0 radical (unpaired) electrons. The Balaban J connectivity index is 2.32. The van der Waals surface area contributed by atoms with Gasteiger partial charge >= 0.3 is 12.1 Å². The average Bonchev–Trinajstić information content (AvgIpc) is 3.19. The van der Waals surface area contributed by atoms with Crippen molar-refractivity contribution in [1.29, 1.82) is 0 Å². The smallest absolute Gasteiger partial charge is 0.434 e. The lowest BCUT2D eigenvalue weighted by Gasteiger charge is -2.14. The molecule has 3 aromatic rings. The second-order valence-corrected chi connectivity index (χ2v) is 7.63. The van der Waals surface area contributed by atoms with E-state index in [0.717, 1.165) is 13.2 Å². The predicted octanol–water partition coefficient (Wildman–Crippen LogP) is 6.86. The molecule has 0 saturated carbocycles. The Hall–Kier alpha value is -3.08. The standard InChI is InChI=1S/C21H12Cl3F4N3O3/c1-33-20(32)15-17(14-10(22)4-2-6-12(14)25)31-34-18(15)9(8-29)19(21(26,27)28)30-13-7-3-5-11(23)16(13)24/h2-8H,29H2,1H3. The molecular formula is C21H12Cl3F4N3O3. The Morgan fingerprint density at radius 1 is 1.15 bits per heavy atom. The lowest BCUT2D eigenvalue weighted by molar-refractivity contribution is -0.0571. The van der Waals surface area contributed by atoms with Crippen LogP contribution in [0.5, 0.6) is 0 Å². The van der Waals surface area contributed by atoms with Gasteiger partial charge in [-0.05, 0) is 24.3 Å². The summed E-state index contributed by atoms with van der Waals surface area (Å²) in [5.74, 6) is -2.88. The number of aliphatic imine (C=N–C) groups is 1. The van der Waals surface area contributed by atoms with Crippen LogP contribution in [0.1, 0.15) is 16.1 Å². The van der Waals surface area contributed by atoms with Crippen molar-refractivity contribution in [1.82, 2.24) is 5.16 Å². The third-order valence-electron chi connectivity index (χ3n) is 4.38. The number of benzene rings is 2. The molecule has 0 saturated heterocycles. The fourth-order valence-electron chi connectivity index (χ4n) is 2.90. The second-order valence-electron chi connectivity index (χ2n) is 6.44. The summed E-state index contributed by atoms with van der Waals surface area (Å²) in [4.78, 5) is 16.1. The van der Waals surface area contributed by atoms with Gasteiger partial charge in [-0.3, -0.25) is 0 Å². The van der Waals surface area contributed by atoms with Crippen molar-refractivity contribution >= 4 is 57.7 Å². The SMILES string of the molecule is COC(=O)c1c(-c2c(F)cccc2Cl)noc1C(=CN)C(=Nc1cccc(Cl)c1Cl)C(F)(F)F. The molecule has 0 spiro atoms. The van der Waals surface area contributed by atoms with Crippen LogP contribution in [0.3, 0.4) is 0 Å². The zero-order chi connectivity index (χ0) is 25.2. The normalized spacial score (nSPS) is 12.7. The summed E-state index contributed by atoms with van der Waals surface area (Å²) in [6, 6.07) is 7.46. The van der Waals surface area contributed by atoms with Gasteiger partial charge in [-0.25, -0.2) is 14.2 Å². The molecule has 0 amide bonds. The third kappa shape index (κ3) is 4.89. The number of hydrogen-bond donors (Lipinski definition) is 1. The first-order valence-electron chi connectivity index (χ1n) is 9.06. The van der Waals surface area contributed by atoms with Crippen LogP contribution in [0.15, 0.2) is 52.1 Å². The van der Waals surface area contributed by atoms with Crippen LogP contribution in [-0.2, 0) is 4.74 Å². The van der Waals surface area contributed by atoms with E-state index in [1.165, 1.54) is 30.3 Å². The van der Waals surface area contributed by atoms with E-state index in [1.807, 2.05) is 0 Å². The molecule has 6 nitrogen and oxygen atoms in total. The number of halogens is 7. The van der Waals surface area contributed by atoms with Gasteiger partial charge in [0.25, 0.3) is 0 Å². The van der Waals surface area contributed by atoms with E-state index in [0.29, 0.717) is 6.20 Å². The number of nitrogens with two attached hydrogens (primary N) is 1. The van der Waals surface area contributed by atoms with Crippen molar-refractivity contribution in [3.63, 3.8) is 0 Å². The predicted molar refractivity (Wildman–Crippen MR) is 120 cm³/mol. The summed E-state index contributed by atoms with van der Waals surface area (Å²) in [6.45, 7) is 0. The van der Waals surface area contributed by atoms with E-state index >= 15 is 0 Å². The number of esters is 1. The van der Waals surface area contributed by atoms with Gasteiger partial charge in [-0.2, -0.15) is 13.2 Å². The molecule has 0 aliphatic carbocycles. The lowest BCUT2D eigenvalue weighted by Crippen LogP contribution is -2.25. The van der Waals surface area contributed by atoms with Crippen LogP contribution in [0.25, 0.3) is 16.8 Å². The highest BCUT2D eigenvalue weighted by Gasteiger charge is 2.42. The minimum Gasteiger partial charge on any atom is -0.465 e. The summed E-state index contributed by atoms with van der Waals surface area (Å²) in [5, 5.41) is 3.10. The first kappa shape index (κ1) is 25.5. The highest BCUT2D eigenvalue weighted by molar-refractivity contribution is 6.43. The number of methoxy groups -OCH3 is 1. The quantitative estimate of drug-likeness (QED) is 0.218. The molecule has 0 fully saturated rings. The maximum Gasteiger partial charge on any atom is 0.434 e. The Morgan fingerprint density at radius 3 is 2.38 bits per heavy atom. The summed E-state index contributed by atoms with van der Waals surface area (Å²) >= 11 is 17.9. The summed E-state index contributed by atoms with van der Waals surface area (Å²) in [7, 11) is 0.961. The Kier molecular flexibility index (Phi) is 7.54. The monoisotopic (exact) mass is 535 g/mol. The maximum atomic E-state index is 14.5. The van der Waals surface area contributed by atoms with Crippen LogP contribution in [-0.4, -0.2) is 30.1 Å². The summed E-state index contributed by atoms with van der Waals surface area (Å²) < 4.78 is 66.4. The number of allylic oxidation sites excluding steroid dienone is 1. The molecule has 13 heteroatoms. The van der Waals surface area contributed by atoms with E-state index in [4.69, 9.17) is 45.1 Å². The molecular weight excluding hydrogens is 525 g/mol. The molecule has 0 atom stereocenters. The van der Waals surface area contributed by atoms with Crippen molar-refractivity contribution in [2.75, 3.05) is 7.11 Å². The number of aromatic nitrogens is 1. The first-order chi connectivity index (χ1) is 16.0. The molecule has 0 aliphatic heterocycles. The lowest BCUT2D eigenvalue weighted by atomic mass is 9.99. The molecule has 0 aliphatic rings. The number of alkyl halides is 3. The molecule has 1 heterocycles. The summed E-state index contributed by atoms with van der Waals surface area (Å²) in [5.41, 5.74) is 1.14. The minimum atomic E-state index is -5.12. The number of rotatable bonds is 5. The van der Waals surface area contributed by atoms with E-state index < -0.39 is 46.3 Å². The fourth-order valence-corrected chi connectivity index (χ4v) is 3.49. The Morgan fingerprint density at radius 2 is 1.79 bits per heavy atom. The van der Waals surface area contributed by atoms with Crippen molar-refractivity contribution in [3.05, 3.63) is 74.8 Å². The zero-order valence-electron chi connectivity index (χ0n) is 16.9. The molecule has 2 aromatic carbocycles. The van der Waals surface area contributed by atoms with Crippen molar-refractivity contribution in [3.8, 4) is 11.3 Å². The molecule has 1 aromatic heterocycles. The zero-order valence-corrected chi connectivity index (χ0v) is 19.2. The molecule has 2 N–H and O–H groups in total. The van der Waals surface area contributed by atoms with Gasteiger partial charge < -0.3 is 15.0 Å². The molecule has 34 heavy (non-hydrogen) atoms. The van der Waals surface area contributed by atoms with Crippen LogP contribution in [0.2, 0.25) is 15.1 Å². The summed E-state index contributed by atoms with van der Waals surface area (Å²) in [6.07, 6.45) is -4.61. The van der Waals surface area contributed by atoms with Crippen molar-refractivity contribution < 1.29 is 31.6 Å². The number of nitrogens with zero attached hydrogens (tertiary/aromatic N) is 2. The van der Waals surface area contributed by atoms with Gasteiger partial charge in [0.1, 0.15) is 17.1 Å². The van der Waals surface area contributed by atoms with Gasteiger partial charge in [-0.15, -0.1) is 0 Å². The van der Waals surface area contributed by atoms with E-state index in [2.05, 4.69) is 14.9 Å². The van der Waals surface area contributed by atoms with E-state index in [-0.39, 0.29) is 26.3 Å². The largest absolute Gasteiger partial charge is 0.465 e. The molecule has 3 rings (SSSR count). The van der Waals surface area contributed by atoms with Gasteiger partial charge in [0.05, 0.1) is 39.0 Å². The highest BCUT2D eigenvalue weighted by Crippen LogP contribution is 2.40. The third-order valence-corrected chi connectivity index (χ3v) is 5.50.